The monoisotopic (exact) mass is 338 g/mol. The van der Waals surface area contributed by atoms with Crippen LogP contribution in [0.2, 0.25) is 0 Å². The predicted octanol–water partition coefficient (Wildman–Crippen LogP) is 0.710. The van der Waals surface area contributed by atoms with Gasteiger partial charge in [0.25, 0.3) is 0 Å². The molecule has 1 aliphatic rings. The van der Waals surface area contributed by atoms with Gasteiger partial charge < -0.3 is 15.4 Å². The zero-order valence-electron chi connectivity index (χ0n) is 12.7. The first-order valence-corrected chi connectivity index (χ1v) is 7.17. The van der Waals surface area contributed by atoms with Crippen molar-refractivity contribution in [3.63, 3.8) is 0 Å². The lowest BCUT2D eigenvalue weighted by Crippen LogP contribution is -2.43. The quantitative estimate of drug-likeness (QED) is 0.852. The summed E-state index contributed by atoms with van der Waals surface area (Å²) >= 11 is 0. The van der Waals surface area contributed by atoms with Gasteiger partial charge >= 0.3 is 0 Å². The van der Waals surface area contributed by atoms with Gasteiger partial charge in [0.05, 0.1) is 18.9 Å². The number of carbonyl (C=O) groups is 1. The van der Waals surface area contributed by atoms with Crippen molar-refractivity contribution in [2.24, 2.45) is 0 Å². The molecule has 124 valence electrons. The summed E-state index contributed by atoms with van der Waals surface area (Å²) in [5, 5.41) is 17.3. The normalized spacial score (nSPS) is 17.3. The van der Waals surface area contributed by atoms with Crippen molar-refractivity contribution in [2.75, 3.05) is 25.1 Å². The van der Waals surface area contributed by atoms with Crippen molar-refractivity contribution in [1.29, 1.82) is 0 Å². The first kappa shape index (κ1) is 17.3. The summed E-state index contributed by atoms with van der Waals surface area (Å²) in [6, 6.07) is 5.72. The van der Waals surface area contributed by atoms with Crippen LogP contribution in [0.5, 0.6) is 0 Å². The van der Waals surface area contributed by atoms with E-state index in [0.717, 1.165) is 23.5 Å². The summed E-state index contributed by atoms with van der Waals surface area (Å²) in [7, 11) is 0. The summed E-state index contributed by atoms with van der Waals surface area (Å²) in [6.07, 6.45) is 1.91. The third kappa shape index (κ3) is 4.47. The van der Waals surface area contributed by atoms with Crippen molar-refractivity contribution in [1.82, 2.24) is 25.5 Å². The number of carbonyl (C=O) groups excluding carboxylic acids is 1. The number of nitrogens with one attached hydrogen (secondary N) is 2. The molecule has 9 heteroatoms. The Balaban J connectivity index is 0.00000192. The maximum absolute atomic E-state index is 12.1. The van der Waals surface area contributed by atoms with E-state index in [2.05, 4.69) is 26.2 Å². The SMILES string of the molecule is Cc1ccc(NC(=O)CC2COCCN2)cc1-n1cnnn1.Cl. The van der Waals surface area contributed by atoms with E-state index in [1.807, 2.05) is 25.1 Å². The average Bonchev–Trinajstić information content (AvgIpc) is 3.04. The van der Waals surface area contributed by atoms with Crippen LogP contribution < -0.4 is 10.6 Å². The first-order valence-electron chi connectivity index (χ1n) is 7.17. The lowest BCUT2D eigenvalue weighted by atomic mass is 10.1. The first-order chi connectivity index (χ1) is 10.7. The van der Waals surface area contributed by atoms with E-state index >= 15 is 0 Å². The number of rotatable bonds is 4. The molecule has 1 aromatic heterocycles. The van der Waals surface area contributed by atoms with Gasteiger partial charge in [0.15, 0.2) is 0 Å². The highest BCUT2D eigenvalue weighted by Crippen LogP contribution is 2.18. The highest BCUT2D eigenvalue weighted by molar-refractivity contribution is 5.91. The van der Waals surface area contributed by atoms with Crippen LogP contribution in [-0.4, -0.2) is 51.9 Å². The van der Waals surface area contributed by atoms with Crippen molar-refractivity contribution in [2.45, 2.75) is 19.4 Å². The van der Waals surface area contributed by atoms with Gasteiger partial charge in [-0.3, -0.25) is 4.79 Å². The van der Waals surface area contributed by atoms with Gasteiger partial charge in [-0.05, 0) is 35.0 Å². The Kier molecular flexibility index (Phi) is 6.03. The topological polar surface area (TPSA) is 94.0 Å². The molecule has 2 heterocycles. The molecule has 0 radical (unpaired) electrons. The summed E-state index contributed by atoms with van der Waals surface area (Å²) in [5.41, 5.74) is 2.58. The molecule has 23 heavy (non-hydrogen) atoms. The van der Waals surface area contributed by atoms with E-state index in [-0.39, 0.29) is 24.4 Å². The standard InChI is InChI=1S/C14H18N6O2.ClH/c1-10-2-3-11(6-13(10)20-9-16-18-19-20)17-14(21)7-12-8-22-5-4-15-12;/h2-3,6,9,12,15H,4-5,7-8H2,1H3,(H,17,21);1H. The molecule has 8 nitrogen and oxygen atoms in total. The Morgan fingerprint density at radius 2 is 2.39 bits per heavy atom. The predicted molar refractivity (Wildman–Crippen MR) is 87.0 cm³/mol. The second kappa shape index (κ2) is 8.00. The Bertz CT molecular complexity index is 643. The molecule has 1 fully saturated rings. The van der Waals surface area contributed by atoms with Gasteiger partial charge in [0.2, 0.25) is 5.91 Å². The van der Waals surface area contributed by atoms with Gasteiger partial charge in [-0.25, -0.2) is 4.68 Å². The van der Waals surface area contributed by atoms with Crippen LogP contribution in [0.3, 0.4) is 0 Å². The fourth-order valence-corrected chi connectivity index (χ4v) is 2.39. The van der Waals surface area contributed by atoms with Crippen molar-refractivity contribution in [3.05, 3.63) is 30.1 Å². The Labute approximate surface area is 140 Å². The van der Waals surface area contributed by atoms with E-state index in [1.54, 1.807) is 4.68 Å². The van der Waals surface area contributed by atoms with Crippen molar-refractivity contribution >= 4 is 24.0 Å². The van der Waals surface area contributed by atoms with Crippen LogP contribution in [0.4, 0.5) is 5.69 Å². The minimum Gasteiger partial charge on any atom is -0.378 e. The maximum atomic E-state index is 12.1. The second-order valence-electron chi connectivity index (χ2n) is 5.23. The van der Waals surface area contributed by atoms with Crippen molar-refractivity contribution < 1.29 is 9.53 Å². The Morgan fingerprint density at radius 1 is 1.52 bits per heavy atom. The van der Waals surface area contributed by atoms with E-state index in [0.29, 0.717) is 19.6 Å². The number of aromatic nitrogens is 4. The highest BCUT2D eigenvalue weighted by atomic mass is 35.5. The Hall–Kier alpha value is -2.03. The molecular formula is C14H19ClN6O2. The number of halogens is 1. The van der Waals surface area contributed by atoms with E-state index < -0.39 is 0 Å². The summed E-state index contributed by atoms with van der Waals surface area (Å²) < 4.78 is 6.92. The molecule has 2 N–H and O–H groups in total. The number of benzene rings is 1. The number of aryl methyl sites for hydroxylation is 1. The molecule has 0 bridgehead atoms. The molecule has 1 amide bonds. The molecule has 3 rings (SSSR count). The van der Waals surface area contributed by atoms with Crippen LogP contribution in [-0.2, 0) is 9.53 Å². The van der Waals surface area contributed by atoms with Gasteiger partial charge in [-0.2, -0.15) is 0 Å². The molecule has 1 aromatic carbocycles. The zero-order valence-corrected chi connectivity index (χ0v) is 13.5. The Morgan fingerprint density at radius 3 is 3.09 bits per heavy atom. The number of tetrazole rings is 1. The van der Waals surface area contributed by atoms with E-state index in [1.165, 1.54) is 6.33 Å². The van der Waals surface area contributed by atoms with Crippen LogP contribution in [0.1, 0.15) is 12.0 Å². The maximum Gasteiger partial charge on any atom is 0.226 e. The minimum absolute atomic E-state index is 0. The molecule has 2 aromatic rings. The van der Waals surface area contributed by atoms with Crippen LogP contribution in [0.25, 0.3) is 5.69 Å². The lowest BCUT2D eigenvalue weighted by molar-refractivity contribution is -0.117. The third-order valence-electron chi connectivity index (χ3n) is 3.52. The van der Waals surface area contributed by atoms with E-state index in [9.17, 15) is 4.79 Å². The molecule has 1 atom stereocenters. The fraction of sp³-hybridized carbons (Fsp3) is 0.429. The summed E-state index contributed by atoms with van der Waals surface area (Å²) in [5.74, 6) is -0.0467. The minimum atomic E-state index is -0.0467. The number of hydrogen-bond acceptors (Lipinski definition) is 6. The molecule has 1 aliphatic heterocycles. The summed E-state index contributed by atoms with van der Waals surface area (Å²) in [4.78, 5) is 12.1. The number of hydrogen-bond donors (Lipinski definition) is 2. The molecule has 0 saturated carbocycles. The molecule has 1 saturated heterocycles. The van der Waals surface area contributed by atoms with Gasteiger partial charge in [0, 0.05) is 24.7 Å². The smallest absolute Gasteiger partial charge is 0.226 e. The molecule has 1 unspecified atom stereocenters. The van der Waals surface area contributed by atoms with Gasteiger partial charge in [0.1, 0.15) is 6.33 Å². The van der Waals surface area contributed by atoms with Gasteiger partial charge in [-0.1, -0.05) is 6.07 Å². The highest BCUT2D eigenvalue weighted by Gasteiger charge is 2.17. The largest absolute Gasteiger partial charge is 0.378 e. The lowest BCUT2D eigenvalue weighted by Gasteiger charge is -2.23. The number of amides is 1. The summed E-state index contributed by atoms with van der Waals surface area (Å²) in [6.45, 7) is 4.01. The molecule has 0 aliphatic carbocycles. The van der Waals surface area contributed by atoms with Gasteiger partial charge in [-0.15, -0.1) is 17.5 Å². The molecular weight excluding hydrogens is 320 g/mol. The van der Waals surface area contributed by atoms with Crippen molar-refractivity contribution in [3.8, 4) is 5.69 Å². The average molecular weight is 339 g/mol. The number of nitrogens with zero attached hydrogens (tertiary/aromatic N) is 4. The second-order valence-corrected chi connectivity index (χ2v) is 5.23. The molecule has 0 spiro atoms. The number of ether oxygens (including phenoxy) is 1. The van der Waals surface area contributed by atoms with Crippen LogP contribution in [0, 0.1) is 6.92 Å². The number of anilines is 1. The number of morpholine rings is 1. The van der Waals surface area contributed by atoms with Crippen LogP contribution in [0.15, 0.2) is 24.5 Å². The fourth-order valence-electron chi connectivity index (χ4n) is 2.39. The zero-order chi connectivity index (χ0) is 15.4. The third-order valence-corrected chi connectivity index (χ3v) is 3.52. The van der Waals surface area contributed by atoms with E-state index in [4.69, 9.17) is 4.74 Å². The van der Waals surface area contributed by atoms with Crippen LogP contribution >= 0.6 is 12.4 Å².